The summed E-state index contributed by atoms with van der Waals surface area (Å²) in [6, 6.07) is 3.20. The Bertz CT molecular complexity index is 472. The lowest BCUT2D eigenvalue weighted by molar-refractivity contribution is 0.114. The smallest absolute Gasteiger partial charge is 0.185 e. The third-order valence-corrected chi connectivity index (χ3v) is 3.88. The second-order valence-corrected chi connectivity index (χ2v) is 6.00. The molecule has 0 unspecified atom stereocenters. The van der Waals surface area contributed by atoms with Gasteiger partial charge in [-0.05, 0) is 37.2 Å². The number of rotatable bonds is 4. The fraction of sp³-hybridized carbons (Fsp3) is 0.417. The SMILES string of the molecule is S=C(NC[C@@H]1CCCO1)NNc1c(Cl)cc(Cl)cc1Cl. The van der Waals surface area contributed by atoms with Gasteiger partial charge in [-0.2, -0.15) is 0 Å². The number of anilines is 1. The molecular weight excluding hydrogens is 341 g/mol. The summed E-state index contributed by atoms with van der Waals surface area (Å²) >= 11 is 23.1. The van der Waals surface area contributed by atoms with Crippen LogP contribution in [0.4, 0.5) is 5.69 Å². The quantitative estimate of drug-likeness (QED) is 0.569. The molecule has 1 aliphatic heterocycles. The second kappa shape index (κ2) is 7.52. The lowest BCUT2D eigenvalue weighted by Gasteiger charge is -2.16. The Labute approximate surface area is 138 Å². The van der Waals surface area contributed by atoms with Crippen LogP contribution >= 0.6 is 47.0 Å². The summed E-state index contributed by atoms with van der Waals surface area (Å²) in [4.78, 5) is 0. The van der Waals surface area contributed by atoms with E-state index in [0.717, 1.165) is 19.4 Å². The molecule has 20 heavy (non-hydrogen) atoms. The van der Waals surface area contributed by atoms with E-state index >= 15 is 0 Å². The molecule has 1 saturated heterocycles. The van der Waals surface area contributed by atoms with Crippen molar-refractivity contribution in [2.75, 3.05) is 18.6 Å². The van der Waals surface area contributed by atoms with Gasteiger partial charge in [0.2, 0.25) is 0 Å². The molecule has 1 aromatic rings. The average Bonchev–Trinajstić information content (AvgIpc) is 2.88. The normalized spacial score (nSPS) is 17.9. The first-order valence-electron chi connectivity index (χ1n) is 6.12. The Morgan fingerprint density at radius 2 is 2.00 bits per heavy atom. The Kier molecular flexibility index (Phi) is 5.99. The molecule has 1 atom stereocenters. The highest BCUT2D eigenvalue weighted by Gasteiger charge is 2.15. The van der Waals surface area contributed by atoms with E-state index in [1.807, 2.05) is 0 Å². The molecular formula is C12H14Cl3N3OS. The topological polar surface area (TPSA) is 45.3 Å². The molecule has 0 spiro atoms. The van der Waals surface area contributed by atoms with E-state index in [1.54, 1.807) is 12.1 Å². The van der Waals surface area contributed by atoms with E-state index in [1.165, 1.54) is 0 Å². The van der Waals surface area contributed by atoms with Gasteiger partial charge >= 0.3 is 0 Å². The third kappa shape index (κ3) is 4.53. The van der Waals surface area contributed by atoms with Gasteiger partial charge < -0.3 is 10.1 Å². The van der Waals surface area contributed by atoms with E-state index in [-0.39, 0.29) is 6.10 Å². The fourth-order valence-electron chi connectivity index (χ4n) is 1.84. The Morgan fingerprint density at radius 1 is 1.30 bits per heavy atom. The van der Waals surface area contributed by atoms with Gasteiger partial charge in [0.05, 0.1) is 21.8 Å². The predicted molar refractivity (Wildman–Crippen MR) is 87.8 cm³/mol. The Hall–Kier alpha value is -0.460. The molecule has 0 bridgehead atoms. The van der Waals surface area contributed by atoms with Crippen LogP contribution in [0.15, 0.2) is 12.1 Å². The van der Waals surface area contributed by atoms with Crippen LogP contribution in [-0.4, -0.2) is 24.4 Å². The molecule has 0 aliphatic carbocycles. The van der Waals surface area contributed by atoms with Crippen LogP contribution in [0.2, 0.25) is 15.1 Å². The van der Waals surface area contributed by atoms with Gasteiger partial charge in [-0.1, -0.05) is 34.8 Å². The minimum Gasteiger partial charge on any atom is -0.376 e. The van der Waals surface area contributed by atoms with Gasteiger partial charge in [-0.15, -0.1) is 0 Å². The largest absolute Gasteiger partial charge is 0.376 e. The van der Waals surface area contributed by atoms with Crippen molar-refractivity contribution in [2.45, 2.75) is 18.9 Å². The first-order valence-corrected chi connectivity index (χ1v) is 7.66. The summed E-state index contributed by atoms with van der Waals surface area (Å²) in [7, 11) is 0. The highest BCUT2D eigenvalue weighted by atomic mass is 35.5. The molecule has 1 heterocycles. The van der Waals surface area contributed by atoms with Crippen molar-refractivity contribution < 1.29 is 4.74 Å². The zero-order chi connectivity index (χ0) is 14.5. The molecule has 4 nitrogen and oxygen atoms in total. The molecule has 1 aliphatic rings. The molecule has 0 amide bonds. The number of ether oxygens (including phenoxy) is 1. The number of hydrogen-bond acceptors (Lipinski definition) is 3. The number of hydrazine groups is 1. The molecule has 0 aromatic heterocycles. The van der Waals surface area contributed by atoms with Crippen molar-refractivity contribution >= 4 is 57.8 Å². The molecule has 0 saturated carbocycles. The summed E-state index contributed by atoms with van der Waals surface area (Å²) in [6.45, 7) is 1.50. The fourth-order valence-corrected chi connectivity index (χ4v) is 2.88. The minimum atomic E-state index is 0.220. The van der Waals surface area contributed by atoms with Gasteiger partial charge in [0.15, 0.2) is 5.11 Å². The van der Waals surface area contributed by atoms with E-state index in [0.29, 0.717) is 32.4 Å². The number of nitrogens with one attached hydrogen (secondary N) is 3. The summed E-state index contributed by atoms with van der Waals surface area (Å²) in [5, 5.41) is 4.82. The van der Waals surface area contributed by atoms with E-state index in [4.69, 9.17) is 51.8 Å². The van der Waals surface area contributed by atoms with Crippen molar-refractivity contribution in [2.24, 2.45) is 0 Å². The van der Waals surface area contributed by atoms with Crippen LogP contribution < -0.4 is 16.2 Å². The molecule has 110 valence electrons. The van der Waals surface area contributed by atoms with Crippen LogP contribution in [0.1, 0.15) is 12.8 Å². The highest BCUT2D eigenvalue weighted by Crippen LogP contribution is 2.32. The van der Waals surface area contributed by atoms with Crippen LogP contribution in [0.25, 0.3) is 0 Å². The Balaban J connectivity index is 1.81. The van der Waals surface area contributed by atoms with Crippen molar-refractivity contribution in [3.63, 3.8) is 0 Å². The summed E-state index contributed by atoms with van der Waals surface area (Å²) in [6.07, 6.45) is 2.37. The second-order valence-electron chi connectivity index (χ2n) is 4.34. The summed E-state index contributed by atoms with van der Waals surface area (Å²) in [5.41, 5.74) is 6.22. The van der Waals surface area contributed by atoms with Gasteiger partial charge in [-0.3, -0.25) is 10.9 Å². The maximum Gasteiger partial charge on any atom is 0.185 e. The zero-order valence-corrected chi connectivity index (χ0v) is 13.6. The molecule has 1 aromatic carbocycles. The van der Waals surface area contributed by atoms with Gasteiger partial charge in [0.1, 0.15) is 0 Å². The molecule has 1 fully saturated rings. The lowest BCUT2D eigenvalue weighted by Crippen LogP contribution is -2.42. The maximum absolute atomic E-state index is 6.04. The minimum absolute atomic E-state index is 0.220. The van der Waals surface area contributed by atoms with Crippen LogP contribution in [0, 0.1) is 0 Å². The molecule has 8 heteroatoms. The van der Waals surface area contributed by atoms with E-state index in [2.05, 4.69) is 16.2 Å². The van der Waals surface area contributed by atoms with Crippen molar-refractivity contribution in [3.05, 3.63) is 27.2 Å². The zero-order valence-electron chi connectivity index (χ0n) is 10.5. The van der Waals surface area contributed by atoms with E-state index in [9.17, 15) is 0 Å². The molecule has 3 N–H and O–H groups in total. The number of benzene rings is 1. The average molecular weight is 355 g/mol. The van der Waals surface area contributed by atoms with Crippen LogP contribution in [-0.2, 0) is 4.74 Å². The predicted octanol–water partition coefficient (Wildman–Crippen LogP) is 3.62. The Morgan fingerprint density at radius 3 is 2.60 bits per heavy atom. The maximum atomic E-state index is 6.04. The standard InChI is InChI=1S/C12H14Cl3N3OS/c13-7-4-9(14)11(10(15)5-7)17-18-12(20)16-6-8-2-1-3-19-8/h4-5,8,17H,1-3,6H2,(H2,16,18,20)/t8-/m0/s1. The highest BCUT2D eigenvalue weighted by molar-refractivity contribution is 7.80. The first kappa shape index (κ1) is 15.9. The van der Waals surface area contributed by atoms with Crippen molar-refractivity contribution in [1.29, 1.82) is 0 Å². The number of hydrogen-bond donors (Lipinski definition) is 3. The van der Waals surface area contributed by atoms with Gasteiger partial charge in [0.25, 0.3) is 0 Å². The van der Waals surface area contributed by atoms with Crippen LogP contribution in [0.5, 0.6) is 0 Å². The summed E-state index contributed by atoms with van der Waals surface area (Å²) < 4.78 is 5.49. The van der Waals surface area contributed by atoms with Crippen molar-refractivity contribution in [1.82, 2.24) is 10.7 Å². The monoisotopic (exact) mass is 353 g/mol. The van der Waals surface area contributed by atoms with Crippen LogP contribution in [0.3, 0.4) is 0 Å². The molecule has 0 radical (unpaired) electrons. The first-order chi connectivity index (χ1) is 9.56. The number of thiocarbonyl (C=S) groups is 1. The lowest BCUT2D eigenvalue weighted by atomic mass is 10.2. The number of halogens is 3. The van der Waals surface area contributed by atoms with E-state index < -0.39 is 0 Å². The van der Waals surface area contributed by atoms with Gasteiger partial charge in [-0.25, -0.2) is 0 Å². The molecule has 2 rings (SSSR count). The van der Waals surface area contributed by atoms with Crippen molar-refractivity contribution in [3.8, 4) is 0 Å². The summed E-state index contributed by atoms with van der Waals surface area (Å²) in [5.74, 6) is 0. The third-order valence-electron chi connectivity index (χ3n) is 2.82. The van der Waals surface area contributed by atoms with Gasteiger partial charge in [0, 0.05) is 18.2 Å².